The summed E-state index contributed by atoms with van der Waals surface area (Å²) in [6, 6.07) is 11.9. The van der Waals surface area contributed by atoms with Crippen LogP contribution in [0.1, 0.15) is 12.5 Å². The molecule has 0 radical (unpaired) electrons. The number of aryl methyl sites for hydroxylation is 1. The summed E-state index contributed by atoms with van der Waals surface area (Å²) < 4.78 is 0. The van der Waals surface area contributed by atoms with Crippen molar-refractivity contribution in [2.45, 2.75) is 13.3 Å². The zero-order chi connectivity index (χ0) is 12.5. The first-order chi connectivity index (χ1) is 8.79. The predicted octanol–water partition coefficient (Wildman–Crippen LogP) is 3.50. The molecule has 90 valence electrons. The number of hydrogen-bond donors (Lipinski definition) is 2. The Balaban J connectivity index is 2.27. The van der Waals surface area contributed by atoms with E-state index in [9.17, 15) is 5.11 Å². The van der Waals surface area contributed by atoms with Crippen molar-refractivity contribution in [2.24, 2.45) is 0 Å². The third kappa shape index (κ3) is 1.64. The van der Waals surface area contributed by atoms with Crippen LogP contribution in [-0.2, 0) is 6.42 Å². The number of aromatic amines is 1. The van der Waals surface area contributed by atoms with Gasteiger partial charge < -0.3 is 10.1 Å². The van der Waals surface area contributed by atoms with Crippen LogP contribution < -0.4 is 0 Å². The third-order valence-electron chi connectivity index (χ3n) is 3.17. The molecule has 18 heavy (non-hydrogen) atoms. The fourth-order valence-electron chi connectivity index (χ4n) is 2.22. The number of benzene rings is 1. The van der Waals surface area contributed by atoms with Crippen LogP contribution in [0.2, 0.25) is 0 Å². The monoisotopic (exact) mass is 238 g/mol. The second kappa shape index (κ2) is 4.18. The second-order valence-electron chi connectivity index (χ2n) is 4.30. The van der Waals surface area contributed by atoms with E-state index < -0.39 is 0 Å². The molecule has 2 aromatic heterocycles. The average molecular weight is 238 g/mol. The maximum Gasteiger partial charge on any atom is 0.199 e. The standard InChI is InChI=1S/C15H14N2O/c1-2-10-6-7-11-13(9-10)17-15(18)14(11)12-5-3-4-8-16-12/h3-9,17-18H,2H2,1H3. The Morgan fingerprint density at radius 2 is 2.11 bits per heavy atom. The van der Waals surface area contributed by atoms with Gasteiger partial charge in [0.2, 0.25) is 0 Å². The van der Waals surface area contributed by atoms with Crippen LogP contribution in [0.4, 0.5) is 0 Å². The topological polar surface area (TPSA) is 48.9 Å². The molecule has 3 rings (SSSR count). The molecule has 0 saturated heterocycles. The van der Waals surface area contributed by atoms with Crippen LogP contribution in [0.3, 0.4) is 0 Å². The van der Waals surface area contributed by atoms with E-state index in [4.69, 9.17) is 0 Å². The SMILES string of the molecule is CCc1ccc2c(-c3ccccn3)c(O)[nH]c2c1. The van der Waals surface area contributed by atoms with Crippen molar-refractivity contribution >= 4 is 10.9 Å². The summed E-state index contributed by atoms with van der Waals surface area (Å²) in [4.78, 5) is 7.31. The molecule has 0 aliphatic carbocycles. The van der Waals surface area contributed by atoms with E-state index in [2.05, 4.69) is 29.0 Å². The second-order valence-corrected chi connectivity index (χ2v) is 4.30. The molecule has 1 aromatic carbocycles. The van der Waals surface area contributed by atoms with Crippen molar-refractivity contribution in [2.75, 3.05) is 0 Å². The Morgan fingerprint density at radius 3 is 2.83 bits per heavy atom. The molecule has 0 saturated carbocycles. The van der Waals surface area contributed by atoms with Crippen LogP contribution >= 0.6 is 0 Å². The number of pyridine rings is 1. The van der Waals surface area contributed by atoms with Crippen molar-refractivity contribution in [1.82, 2.24) is 9.97 Å². The first-order valence-corrected chi connectivity index (χ1v) is 6.04. The molecule has 0 atom stereocenters. The van der Waals surface area contributed by atoms with Gasteiger partial charge in [-0.1, -0.05) is 25.1 Å². The quantitative estimate of drug-likeness (QED) is 0.717. The zero-order valence-corrected chi connectivity index (χ0v) is 10.1. The van der Waals surface area contributed by atoms with E-state index in [0.717, 1.165) is 28.6 Å². The van der Waals surface area contributed by atoms with Crippen molar-refractivity contribution in [3.05, 3.63) is 48.2 Å². The average Bonchev–Trinajstić information content (AvgIpc) is 2.74. The van der Waals surface area contributed by atoms with Crippen molar-refractivity contribution in [3.63, 3.8) is 0 Å². The summed E-state index contributed by atoms with van der Waals surface area (Å²) in [6.45, 7) is 2.11. The molecule has 3 aromatic rings. The number of nitrogens with one attached hydrogen (secondary N) is 1. The molecule has 2 N–H and O–H groups in total. The highest BCUT2D eigenvalue weighted by Crippen LogP contribution is 2.35. The van der Waals surface area contributed by atoms with Crippen LogP contribution in [0.15, 0.2) is 42.6 Å². The number of aromatic hydroxyl groups is 1. The molecule has 0 spiro atoms. The third-order valence-corrected chi connectivity index (χ3v) is 3.17. The van der Waals surface area contributed by atoms with Crippen LogP contribution in [0.5, 0.6) is 5.88 Å². The largest absolute Gasteiger partial charge is 0.494 e. The summed E-state index contributed by atoms with van der Waals surface area (Å²) in [5.41, 5.74) is 3.75. The fraction of sp³-hybridized carbons (Fsp3) is 0.133. The highest BCUT2D eigenvalue weighted by Gasteiger charge is 2.13. The van der Waals surface area contributed by atoms with Gasteiger partial charge in [-0.2, -0.15) is 0 Å². The molecule has 3 heteroatoms. The molecular weight excluding hydrogens is 224 g/mol. The summed E-state index contributed by atoms with van der Waals surface area (Å²) >= 11 is 0. The minimum absolute atomic E-state index is 0.178. The van der Waals surface area contributed by atoms with E-state index in [1.165, 1.54) is 5.56 Å². The van der Waals surface area contributed by atoms with Gasteiger partial charge in [-0.05, 0) is 30.2 Å². The van der Waals surface area contributed by atoms with E-state index in [1.807, 2.05) is 24.3 Å². The number of rotatable bonds is 2. The Kier molecular flexibility index (Phi) is 2.52. The first-order valence-electron chi connectivity index (χ1n) is 6.04. The lowest BCUT2D eigenvalue weighted by atomic mass is 10.1. The lowest BCUT2D eigenvalue weighted by Gasteiger charge is -2.00. The molecule has 3 nitrogen and oxygen atoms in total. The molecule has 0 amide bonds. The van der Waals surface area contributed by atoms with Gasteiger partial charge in [0.05, 0.1) is 11.3 Å². The molecule has 0 aliphatic heterocycles. The maximum atomic E-state index is 10.1. The Hall–Kier alpha value is -2.29. The normalized spacial score (nSPS) is 10.9. The zero-order valence-electron chi connectivity index (χ0n) is 10.1. The van der Waals surface area contributed by atoms with E-state index >= 15 is 0 Å². The lowest BCUT2D eigenvalue weighted by molar-refractivity contribution is 0.460. The van der Waals surface area contributed by atoms with Crippen molar-refractivity contribution in [1.29, 1.82) is 0 Å². The first kappa shape index (κ1) is 10.8. The molecular formula is C15H14N2O. The van der Waals surface area contributed by atoms with Gasteiger partial charge in [0.1, 0.15) is 0 Å². The number of aromatic nitrogens is 2. The number of hydrogen-bond acceptors (Lipinski definition) is 2. The number of fused-ring (bicyclic) bond motifs is 1. The predicted molar refractivity (Wildman–Crippen MR) is 72.6 cm³/mol. The highest BCUT2D eigenvalue weighted by atomic mass is 16.3. The van der Waals surface area contributed by atoms with E-state index in [0.29, 0.717) is 0 Å². The van der Waals surface area contributed by atoms with Crippen molar-refractivity contribution < 1.29 is 5.11 Å². The van der Waals surface area contributed by atoms with Gasteiger partial charge in [-0.15, -0.1) is 0 Å². The van der Waals surface area contributed by atoms with Gasteiger partial charge in [0, 0.05) is 17.1 Å². The van der Waals surface area contributed by atoms with Crippen LogP contribution in [0, 0.1) is 0 Å². The summed E-state index contributed by atoms with van der Waals surface area (Å²) in [6.07, 6.45) is 2.71. The molecule has 0 unspecified atom stereocenters. The number of H-pyrrole nitrogens is 1. The maximum absolute atomic E-state index is 10.1. The van der Waals surface area contributed by atoms with Gasteiger partial charge in [-0.25, -0.2) is 0 Å². The molecule has 0 aliphatic rings. The van der Waals surface area contributed by atoms with E-state index in [1.54, 1.807) is 6.20 Å². The van der Waals surface area contributed by atoms with Gasteiger partial charge in [0.25, 0.3) is 0 Å². The Labute approximate surface area is 105 Å². The Bertz CT molecular complexity index is 686. The van der Waals surface area contributed by atoms with E-state index in [-0.39, 0.29) is 5.88 Å². The van der Waals surface area contributed by atoms with Crippen LogP contribution in [0.25, 0.3) is 22.2 Å². The molecule has 2 heterocycles. The smallest absolute Gasteiger partial charge is 0.199 e. The molecule has 0 fully saturated rings. The summed E-state index contributed by atoms with van der Waals surface area (Å²) in [5.74, 6) is 0.178. The minimum Gasteiger partial charge on any atom is -0.494 e. The van der Waals surface area contributed by atoms with Gasteiger partial charge >= 0.3 is 0 Å². The summed E-state index contributed by atoms with van der Waals surface area (Å²) in [7, 11) is 0. The van der Waals surface area contributed by atoms with Gasteiger partial charge in [0.15, 0.2) is 5.88 Å². The summed E-state index contributed by atoms with van der Waals surface area (Å²) in [5, 5.41) is 11.1. The fourth-order valence-corrected chi connectivity index (χ4v) is 2.22. The lowest BCUT2D eigenvalue weighted by Crippen LogP contribution is -1.82. The van der Waals surface area contributed by atoms with Crippen molar-refractivity contribution in [3.8, 4) is 17.1 Å². The minimum atomic E-state index is 0.178. The van der Waals surface area contributed by atoms with Crippen LogP contribution in [-0.4, -0.2) is 15.1 Å². The Morgan fingerprint density at radius 1 is 1.22 bits per heavy atom. The highest BCUT2D eigenvalue weighted by molar-refractivity contribution is 5.98. The molecule has 0 bridgehead atoms. The van der Waals surface area contributed by atoms with Gasteiger partial charge in [-0.3, -0.25) is 4.98 Å². The number of nitrogens with zero attached hydrogens (tertiary/aromatic N) is 1.